The van der Waals surface area contributed by atoms with Crippen molar-refractivity contribution in [2.45, 2.75) is 79.6 Å². The van der Waals surface area contributed by atoms with Gasteiger partial charge in [-0.05, 0) is 75.7 Å². The van der Waals surface area contributed by atoms with Crippen molar-refractivity contribution < 1.29 is 26.6 Å². The van der Waals surface area contributed by atoms with Crippen LogP contribution in [-0.2, 0) is 26.6 Å². The molecule has 2 unspecified atom stereocenters. The number of rotatable bonds is 21. The maximum absolute atomic E-state index is 9.09. The minimum absolute atomic E-state index is 0.0560. The van der Waals surface area contributed by atoms with Gasteiger partial charge < -0.3 is 31.5 Å². The lowest BCUT2D eigenvalue weighted by Gasteiger charge is -2.47. The Morgan fingerprint density at radius 2 is 0.923 bits per heavy atom. The van der Waals surface area contributed by atoms with Gasteiger partial charge in [0.15, 0.2) is 0 Å². The summed E-state index contributed by atoms with van der Waals surface area (Å²) in [5, 5.41) is 7.10. The molecule has 0 saturated carbocycles. The topological polar surface area (TPSA) is 195 Å². The van der Waals surface area contributed by atoms with Crippen LogP contribution in [0.5, 0.6) is 0 Å². The van der Waals surface area contributed by atoms with Gasteiger partial charge in [0.1, 0.15) is 11.3 Å². The molecule has 1 aromatic heterocycles. The second-order valence-electron chi connectivity index (χ2n) is 7.67. The molecule has 2 atom stereocenters. The summed E-state index contributed by atoms with van der Waals surface area (Å²) in [7, 11) is -6.99. The van der Waals surface area contributed by atoms with E-state index in [1.54, 1.807) is 0 Å². The van der Waals surface area contributed by atoms with Crippen LogP contribution in [0.15, 0.2) is 10.2 Å². The first-order chi connectivity index (χ1) is 18.9. The first kappa shape index (κ1) is 34.7. The molecule has 0 aliphatic rings. The molecule has 0 aliphatic carbocycles. The van der Waals surface area contributed by atoms with Gasteiger partial charge in [-0.1, -0.05) is 13.8 Å². The van der Waals surface area contributed by atoms with Gasteiger partial charge in [-0.15, -0.1) is 0 Å². The highest BCUT2D eigenvalue weighted by Crippen LogP contribution is 2.34. The maximum atomic E-state index is 9.09. The van der Waals surface area contributed by atoms with Crippen LogP contribution in [0.3, 0.4) is 0 Å². The first-order valence-corrected chi connectivity index (χ1v) is 16.9. The van der Waals surface area contributed by atoms with Crippen molar-refractivity contribution in [1.29, 1.82) is 0 Å². The molecule has 0 aliphatic heterocycles. The van der Waals surface area contributed by atoms with Gasteiger partial charge in [-0.3, -0.25) is 0 Å². The predicted molar refractivity (Wildman–Crippen MR) is 149 cm³/mol. The quantitative estimate of drug-likeness (QED) is 0.0789. The van der Waals surface area contributed by atoms with Gasteiger partial charge in [0.2, 0.25) is 17.8 Å². The summed E-state index contributed by atoms with van der Waals surface area (Å²) >= 11 is 0. The number of nitrogens with zero attached hydrogens (tertiary/aromatic N) is 10. The molecule has 0 bridgehead atoms. The van der Waals surface area contributed by atoms with Crippen LogP contribution in [0.1, 0.15) is 68.2 Å². The van der Waals surface area contributed by atoms with E-state index in [1.807, 2.05) is 60.3 Å². The van der Waals surface area contributed by atoms with E-state index < -0.39 is 28.9 Å². The zero-order chi connectivity index (χ0) is 29.3. The Morgan fingerprint density at radius 1 is 0.615 bits per heavy atom. The van der Waals surface area contributed by atoms with E-state index in [2.05, 4.69) is 35.0 Å². The standard InChI is InChI=1S/C21H42N10O6Si2/c1-9-17(38(32-11-3,33-12-4)34-13-5)31(18(10-2)39(35-14-6,36-15-7)37-16-8)21-25-19(27-29-22)24-20(26-21)28-30-23/h17-18H,9-16H2,1-8H3. The maximum Gasteiger partial charge on any atom is 0.524 e. The molecule has 0 N–H and O–H groups in total. The monoisotopic (exact) mass is 586 g/mol. The van der Waals surface area contributed by atoms with Crippen LogP contribution in [-0.4, -0.2) is 83.5 Å². The van der Waals surface area contributed by atoms with Crippen LogP contribution in [0.25, 0.3) is 20.9 Å². The SMILES string of the molecule is CCO[Si](OCC)(OCC)C(CC)N(c1nc(N=[N+]=[N-])nc(N=[N+]=[N-])n1)C(CC)[Si](OCC)(OCC)OCC. The van der Waals surface area contributed by atoms with Gasteiger partial charge >= 0.3 is 17.6 Å². The molecular formula is C21H42N10O6Si2. The molecule has 39 heavy (non-hydrogen) atoms. The zero-order valence-corrected chi connectivity index (χ0v) is 26.2. The molecule has 1 heterocycles. The lowest BCUT2D eigenvalue weighted by molar-refractivity contribution is 0.0501. The molecule has 18 heteroatoms. The summed E-state index contributed by atoms with van der Waals surface area (Å²) in [6.45, 7) is 17.2. The fourth-order valence-electron chi connectivity index (χ4n) is 4.39. The third kappa shape index (κ3) is 8.81. The van der Waals surface area contributed by atoms with Crippen molar-refractivity contribution in [3.63, 3.8) is 0 Å². The number of hydrogen-bond acceptors (Lipinski definition) is 12. The van der Waals surface area contributed by atoms with Crippen molar-refractivity contribution in [3.8, 4) is 0 Å². The zero-order valence-electron chi connectivity index (χ0n) is 24.2. The number of azide groups is 2. The summed E-state index contributed by atoms with van der Waals surface area (Å²) in [6, 6.07) is 0. The van der Waals surface area contributed by atoms with Crippen molar-refractivity contribution in [3.05, 3.63) is 20.9 Å². The van der Waals surface area contributed by atoms with E-state index in [9.17, 15) is 0 Å². The summed E-state index contributed by atoms with van der Waals surface area (Å²) < 4.78 is 37.9. The fraction of sp³-hybridized carbons (Fsp3) is 0.857. The highest BCUT2D eigenvalue weighted by atomic mass is 28.4. The highest BCUT2D eigenvalue weighted by molar-refractivity contribution is 6.65. The first-order valence-electron chi connectivity index (χ1n) is 13.3. The Bertz CT molecular complexity index is 863. The smallest absolute Gasteiger partial charge is 0.373 e. The molecular weight excluding hydrogens is 544 g/mol. The van der Waals surface area contributed by atoms with Crippen molar-refractivity contribution in [2.75, 3.05) is 44.5 Å². The molecule has 0 aromatic carbocycles. The van der Waals surface area contributed by atoms with Crippen LogP contribution in [0.4, 0.5) is 17.8 Å². The van der Waals surface area contributed by atoms with Crippen LogP contribution < -0.4 is 4.90 Å². The molecule has 0 spiro atoms. The normalized spacial score (nSPS) is 13.3. The lowest BCUT2D eigenvalue weighted by atomic mass is 10.3. The van der Waals surface area contributed by atoms with E-state index >= 15 is 0 Å². The Labute approximate surface area is 232 Å². The van der Waals surface area contributed by atoms with Gasteiger partial charge in [-0.25, -0.2) is 4.98 Å². The van der Waals surface area contributed by atoms with Gasteiger partial charge in [-0.2, -0.15) is 9.97 Å². The average Bonchev–Trinajstić information content (AvgIpc) is 2.90. The molecule has 1 aromatic rings. The molecule has 0 radical (unpaired) electrons. The summed E-state index contributed by atoms with van der Waals surface area (Å²) in [4.78, 5) is 20.3. The summed E-state index contributed by atoms with van der Waals surface area (Å²) in [5.74, 6) is -0.485. The third-order valence-corrected chi connectivity index (χ3v) is 12.6. The Balaban J connectivity index is 4.21. The molecule has 0 fully saturated rings. The number of aromatic nitrogens is 3. The predicted octanol–water partition coefficient (Wildman–Crippen LogP) is 5.29. The minimum Gasteiger partial charge on any atom is -0.373 e. The Hall–Kier alpha value is -2.38. The molecule has 0 saturated heterocycles. The van der Waals surface area contributed by atoms with E-state index in [0.717, 1.165) is 0 Å². The van der Waals surface area contributed by atoms with Crippen molar-refractivity contribution in [1.82, 2.24) is 15.0 Å². The second kappa shape index (κ2) is 18.1. The van der Waals surface area contributed by atoms with E-state index in [0.29, 0.717) is 52.5 Å². The molecule has 220 valence electrons. The Kier molecular flexibility index (Phi) is 16.0. The van der Waals surface area contributed by atoms with E-state index in [1.165, 1.54) is 0 Å². The Morgan fingerprint density at radius 3 is 1.15 bits per heavy atom. The molecule has 16 nitrogen and oxygen atoms in total. The van der Waals surface area contributed by atoms with E-state index in [-0.39, 0.29) is 17.8 Å². The molecule has 1 rings (SSSR count). The fourth-order valence-corrected chi connectivity index (χ4v) is 10.9. The summed E-state index contributed by atoms with van der Waals surface area (Å²) in [6.07, 6.45) is 0.966. The third-order valence-electron chi connectivity index (χ3n) is 5.43. The highest BCUT2D eigenvalue weighted by Gasteiger charge is 2.60. The van der Waals surface area contributed by atoms with Gasteiger partial charge in [0.25, 0.3) is 0 Å². The van der Waals surface area contributed by atoms with Crippen LogP contribution in [0.2, 0.25) is 0 Å². The summed E-state index contributed by atoms with van der Waals surface area (Å²) in [5.41, 5.74) is 17.1. The average molecular weight is 587 g/mol. The van der Waals surface area contributed by atoms with Crippen molar-refractivity contribution >= 4 is 35.5 Å². The van der Waals surface area contributed by atoms with E-state index in [4.69, 9.17) is 37.6 Å². The second-order valence-corrected chi connectivity index (χ2v) is 13.2. The van der Waals surface area contributed by atoms with Gasteiger partial charge in [0.05, 0.1) is 0 Å². The van der Waals surface area contributed by atoms with Crippen LogP contribution in [0, 0.1) is 0 Å². The van der Waals surface area contributed by atoms with Crippen molar-refractivity contribution in [2.24, 2.45) is 10.2 Å². The largest absolute Gasteiger partial charge is 0.524 e. The number of hydrogen-bond donors (Lipinski definition) is 0. The lowest BCUT2D eigenvalue weighted by Crippen LogP contribution is -2.71. The number of anilines is 1. The van der Waals surface area contributed by atoms with Gasteiger partial charge in [0, 0.05) is 49.5 Å². The molecule has 0 amide bonds. The van der Waals surface area contributed by atoms with Crippen LogP contribution >= 0.6 is 0 Å². The minimum atomic E-state index is -3.50.